The van der Waals surface area contributed by atoms with Crippen molar-refractivity contribution in [1.82, 2.24) is 15.2 Å². The molecule has 0 aliphatic carbocycles. The molecule has 2 heterocycles. The molecule has 19 heavy (non-hydrogen) atoms. The molecular formula is C13H13N5O. The summed E-state index contributed by atoms with van der Waals surface area (Å²) in [6.07, 6.45) is 2.84. The number of benzene rings is 1. The summed E-state index contributed by atoms with van der Waals surface area (Å²) in [6.45, 7) is 0. The number of carbonyl (C=O) groups excluding carboxylic acids is 1. The van der Waals surface area contributed by atoms with Crippen LogP contribution in [0, 0.1) is 0 Å². The Balaban J connectivity index is 1.99. The number of aryl methyl sites for hydroxylation is 1. The molecule has 6 heteroatoms. The average molecular weight is 255 g/mol. The topological polar surface area (TPSA) is 79.8 Å². The maximum Gasteiger partial charge on any atom is 0.224 e. The summed E-state index contributed by atoms with van der Waals surface area (Å²) in [5, 5.41) is 13.7. The van der Waals surface area contributed by atoms with Crippen LogP contribution < -0.4 is 10.6 Å². The lowest BCUT2D eigenvalue weighted by Crippen LogP contribution is -2.18. The summed E-state index contributed by atoms with van der Waals surface area (Å²) in [5.41, 5.74) is 2.88. The molecule has 0 fully saturated rings. The standard InChI is InChI=1S/C13H13N5O/c1-14-11-7-15-18-13(17-11)9-2-4-10-8(6-9)3-5-12(19)16-10/h2,4,6-7H,3,5H2,1H3,(H,16,19)(H,14,17,18). The lowest BCUT2D eigenvalue weighted by Gasteiger charge is -2.17. The minimum absolute atomic E-state index is 0.0651. The SMILES string of the molecule is CNc1cnnc(-c2ccc3c(c2)CCC(=O)N3)n1. The van der Waals surface area contributed by atoms with E-state index in [0.29, 0.717) is 18.1 Å². The van der Waals surface area contributed by atoms with Crippen LogP contribution in [0.1, 0.15) is 12.0 Å². The molecule has 1 aliphatic rings. The summed E-state index contributed by atoms with van der Waals surface area (Å²) in [5.74, 6) is 1.32. The van der Waals surface area contributed by atoms with Gasteiger partial charge in [-0.05, 0) is 30.2 Å². The quantitative estimate of drug-likeness (QED) is 0.849. The van der Waals surface area contributed by atoms with Crippen molar-refractivity contribution < 1.29 is 4.79 Å². The minimum atomic E-state index is 0.0651. The van der Waals surface area contributed by atoms with Crippen LogP contribution in [0.2, 0.25) is 0 Å². The molecule has 1 amide bonds. The van der Waals surface area contributed by atoms with E-state index in [0.717, 1.165) is 23.2 Å². The van der Waals surface area contributed by atoms with Gasteiger partial charge in [0, 0.05) is 24.7 Å². The van der Waals surface area contributed by atoms with Gasteiger partial charge in [0.1, 0.15) is 5.82 Å². The van der Waals surface area contributed by atoms with E-state index >= 15 is 0 Å². The van der Waals surface area contributed by atoms with E-state index in [1.165, 1.54) is 0 Å². The van der Waals surface area contributed by atoms with Crippen molar-refractivity contribution in [3.8, 4) is 11.4 Å². The third kappa shape index (κ3) is 2.24. The second kappa shape index (κ2) is 4.64. The summed E-state index contributed by atoms with van der Waals surface area (Å²) in [4.78, 5) is 15.7. The number of nitrogens with zero attached hydrogens (tertiary/aromatic N) is 3. The second-order valence-corrected chi connectivity index (χ2v) is 4.34. The summed E-state index contributed by atoms with van der Waals surface area (Å²) in [7, 11) is 1.79. The van der Waals surface area contributed by atoms with E-state index in [1.807, 2.05) is 18.2 Å². The van der Waals surface area contributed by atoms with Crippen molar-refractivity contribution >= 4 is 17.4 Å². The smallest absolute Gasteiger partial charge is 0.224 e. The summed E-state index contributed by atoms with van der Waals surface area (Å²) in [6, 6.07) is 5.78. The van der Waals surface area contributed by atoms with Crippen LogP contribution in [0.15, 0.2) is 24.4 Å². The molecule has 6 nitrogen and oxygen atoms in total. The molecule has 2 N–H and O–H groups in total. The number of aromatic nitrogens is 3. The molecule has 1 aromatic heterocycles. The Morgan fingerprint density at radius 3 is 3.05 bits per heavy atom. The molecule has 0 atom stereocenters. The highest BCUT2D eigenvalue weighted by atomic mass is 16.1. The van der Waals surface area contributed by atoms with Gasteiger partial charge in [-0.15, -0.1) is 5.10 Å². The molecule has 0 bridgehead atoms. The molecule has 0 saturated carbocycles. The average Bonchev–Trinajstić information content (AvgIpc) is 2.46. The van der Waals surface area contributed by atoms with Crippen LogP contribution in [0.3, 0.4) is 0 Å². The molecule has 1 aromatic carbocycles. The minimum Gasteiger partial charge on any atom is -0.372 e. The zero-order chi connectivity index (χ0) is 13.2. The molecule has 0 spiro atoms. The van der Waals surface area contributed by atoms with E-state index in [4.69, 9.17) is 0 Å². The zero-order valence-corrected chi connectivity index (χ0v) is 10.5. The highest BCUT2D eigenvalue weighted by molar-refractivity contribution is 5.94. The molecule has 1 aliphatic heterocycles. The third-order valence-corrected chi connectivity index (χ3v) is 3.07. The summed E-state index contributed by atoms with van der Waals surface area (Å²) >= 11 is 0. The van der Waals surface area contributed by atoms with Crippen LogP contribution in [0.25, 0.3) is 11.4 Å². The zero-order valence-electron chi connectivity index (χ0n) is 10.5. The maximum atomic E-state index is 11.3. The highest BCUT2D eigenvalue weighted by Gasteiger charge is 2.15. The van der Waals surface area contributed by atoms with E-state index in [9.17, 15) is 4.79 Å². The first-order valence-electron chi connectivity index (χ1n) is 6.07. The van der Waals surface area contributed by atoms with E-state index in [1.54, 1.807) is 13.2 Å². The lowest BCUT2D eigenvalue weighted by atomic mass is 10.0. The first-order valence-corrected chi connectivity index (χ1v) is 6.07. The molecule has 96 valence electrons. The predicted molar refractivity (Wildman–Crippen MR) is 71.8 cm³/mol. The van der Waals surface area contributed by atoms with Crippen molar-refractivity contribution in [2.75, 3.05) is 17.7 Å². The van der Waals surface area contributed by atoms with E-state index < -0.39 is 0 Å². The Morgan fingerprint density at radius 1 is 1.32 bits per heavy atom. The molecule has 3 rings (SSSR count). The van der Waals surface area contributed by atoms with Crippen molar-refractivity contribution in [1.29, 1.82) is 0 Å². The molecule has 0 unspecified atom stereocenters. The largest absolute Gasteiger partial charge is 0.372 e. The fourth-order valence-corrected chi connectivity index (χ4v) is 2.07. The van der Waals surface area contributed by atoms with Crippen molar-refractivity contribution in [2.24, 2.45) is 0 Å². The number of nitrogens with one attached hydrogen (secondary N) is 2. The van der Waals surface area contributed by atoms with Crippen LogP contribution in [-0.4, -0.2) is 28.1 Å². The fraction of sp³-hybridized carbons (Fsp3) is 0.231. The number of rotatable bonds is 2. The second-order valence-electron chi connectivity index (χ2n) is 4.34. The van der Waals surface area contributed by atoms with E-state index in [-0.39, 0.29) is 5.91 Å². The lowest BCUT2D eigenvalue weighted by molar-refractivity contribution is -0.116. The number of carbonyl (C=O) groups is 1. The molecule has 2 aromatic rings. The first-order chi connectivity index (χ1) is 9.26. The van der Waals surface area contributed by atoms with Crippen molar-refractivity contribution in [2.45, 2.75) is 12.8 Å². The summed E-state index contributed by atoms with van der Waals surface area (Å²) < 4.78 is 0. The van der Waals surface area contributed by atoms with Gasteiger partial charge in [-0.2, -0.15) is 5.10 Å². The number of anilines is 2. The third-order valence-electron chi connectivity index (χ3n) is 3.07. The van der Waals surface area contributed by atoms with Crippen LogP contribution in [-0.2, 0) is 11.2 Å². The van der Waals surface area contributed by atoms with Gasteiger partial charge in [-0.25, -0.2) is 4.98 Å². The highest BCUT2D eigenvalue weighted by Crippen LogP contribution is 2.27. The Morgan fingerprint density at radius 2 is 2.21 bits per heavy atom. The number of hydrogen-bond acceptors (Lipinski definition) is 5. The van der Waals surface area contributed by atoms with Crippen LogP contribution >= 0.6 is 0 Å². The molecule has 0 radical (unpaired) electrons. The van der Waals surface area contributed by atoms with Gasteiger partial charge in [0.05, 0.1) is 6.20 Å². The van der Waals surface area contributed by atoms with Gasteiger partial charge >= 0.3 is 0 Å². The van der Waals surface area contributed by atoms with Gasteiger partial charge < -0.3 is 10.6 Å². The van der Waals surface area contributed by atoms with Crippen LogP contribution in [0.5, 0.6) is 0 Å². The van der Waals surface area contributed by atoms with Gasteiger partial charge in [-0.3, -0.25) is 4.79 Å². The van der Waals surface area contributed by atoms with Gasteiger partial charge in [0.25, 0.3) is 0 Å². The fourth-order valence-electron chi connectivity index (χ4n) is 2.07. The predicted octanol–water partition coefficient (Wildman–Crippen LogP) is 1.46. The van der Waals surface area contributed by atoms with Crippen molar-refractivity contribution in [3.05, 3.63) is 30.0 Å². The van der Waals surface area contributed by atoms with Crippen LogP contribution in [0.4, 0.5) is 11.5 Å². The Hall–Kier alpha value is -2.50. The van der Waals surface area contributed by atoms with Gasteiger partial charge in [-0.1, -0.05) is 0 Å². The number of fused-ring (bicyclic) bond motifs is 1. The number of hydrogen-bond donors (Lipinski definition) is 2. The normalized spacial score (nSPS) is 13.6. The Kier molecular flexibility index (Phi) is 2.83. The molecular weight excluding hydrogens is 242 g/mol. The Labute approximate surface area is 110 Å². The van der Waals surface area contributed by atoms with Gasteiger partial charge in [0.15, 0.2) is 5.82 Å². The van der Waals surface area contributed by atoms with E-state index in [2.05, 4.69) is 25.8 Å². The number of amides is 1. The molecule has 0 saturated heterocycles. The van der Waals surface area contributed by atoms with Gasteiger partial charge in [0.2, 0.25) is 5.91 Å². The Bertz CT molecular complexity index is 641. The first kappa shape index (κ1) is 11.6. The van der Waals surface area contributed by atoms with Crippen molar-refractivity contribution in [3.63, 3.8) is 0 Å². The monoisotopic (exact) mass is 255 g/mol. The maximum absolute atomic E-state index is 11.3.